The van der Waals surface area contributed by atoms with Crippen molar-refractivity contribution in [2.75, 3.05) is 13.2 Å². The normalized spacial score (nSPS) is 20.8. The lowest BCUT2D eigenvalue weighted by molar-refractivity contribution is -0.164. The molecular formula is C10H13O2S. The zero-order valence-corrected chi connectivity index (χ0v) is 8.52. The van der Waals surface area contributed by atoms with E-state index in [0.29, 0.717) is 13.2 Å². The summed E-state index contributed by atoms with van der Waals surface area (Å²) in [5.74, 6) is -0.472. The van der Waals surface area contributed by atoms with Crippen molar-refractivity contribution in [1.29, 1.82) is 0 Å². The van der Waals surface area contributed by atoms with Gasteiger partial charge in [0, 0.05) is 11.3 Å². The van der Waals surface area contributed by atoms with Crippen LogP contribution >= 0.6 is 11.3 Å². The van der Waals surface area contributed by atoms with Crippen molar-refractivity contribution < 1.29 is 9.47 Å². The quantitative estimate of drug-likeness (QED) is 0.725. The first-order valence-electron chi connectivity index (χ1n) is 4.47. The van der Waals surface area contributed by atoms with Gasteiger partial charge in [-0.3, -0.25) is 0 Å². The largest absolute Gasteiger partial charge is 0.343 e. The molecule has 3 heteroatoms. The van der Waals surface area contributed by atoms with Crippen LogP contribution in [0.4, 0.5) is 0 Å². The lowest BCUT2D eigenvalue weighted by Crippen LogP contribution is -2.24. The summed E-state index contributed by atoms with van der Waals surface area (Å²) in [7, 11) is 0. The van der Waals surface area contributed by atoms with Gasteiger partial charge in [-0.25, -0.2) is 0 Å². The van der Waals surface area contributed by atoms with E-state index >= 15 is 0 Å². The third-order valence-corrected chi connectivity index (χ3v) is 3.32. The molecule has 0 N–H and O–H groups in total. The van der Waals surface area contributed by atoms with Crippen molar-refractivity contribution in [3.05, 3.63) is 28.8 Å². The molecule has 0 unspecified atom stereocenters. The molecule has 1 aromatic heterocycles. The monoisotopic (exact) mass is 197 g/mol. The Balaban J connectivity index is 2.30. The third-order valence-electron chi connectivity index (χ3n) is 2.26. The van der Waals surface area contributed by atoms with Gasteiger partial charge < -0.3 is 9.47 Å². The van der Waals surface area contributed by atoms with Crippen LogP contribution < -0.4 is 0 Å². The van der Waals surface area contributed by atoms with Crippen LogP contribution in [0.3, 0.4) is 0 Å². The fourth-order valence-electron chi connectivity index (χ4n) is 1.56. The van der Waals surface area contributed by atoms with Gasteiger partial charge in [0.25, 0.3) is 0 Å². The first-order chi connectivity index (χ1) is 6.27. The van der Waals surface area contributed by atoms with E-state index in [4.69, 9.17) is 9.47 Å². The maximum Gasteiger partial charge on any atom is 0.204 e. The van der Waals surface area contributed by atoms with Crippen LogP contribution in [0, 0.1) is 6.92 Å². The summed E-state index contributed by atoms with van der Waals surface area (Å²) in [5.41, 5.74) is 0. The van der Waals surface area contributed by atoms with Crippen LogP contribution in [0.25, 0.3) is 0 Å². The Morgan fingerprint density at radius 2 is 2.15 bits per heavy atom. The van der Waals surface area contributed by atoms with E-state index in [1.54, 1.807) is 11.3 Å². The fourth-order valence-corrected chi connectivity index (χ4v) is 2.53. The molecule has 0 atom stereocenters. The van der Waals surface area contributed by atoms with Crippen LogP contribution in [-0.2, 0) is 15.3 Å². The topological polar surface area (TPSA) is 18.5 Å². The molecular weight excluding hydrogens is 184 g/mol. The fraction of sp³-hybridized carbons (Fsp3) is 0.500. The van der Waals surface area contributed by atoms with Crippen LogP contribution in [-0.4, -0.2) is 13.2 Å². The van der Waals surface area contributed by atoms with Gasteiger partial charge in [0.1, 0.15) is 0 Å². The van der Waals surface area contributed by atoms with Gasteiger partial charge in [0.05, 0.1) is 18.1 Å². The second-order valence-electron chi connectivity index (χ2n) is 3.07. The zero-order chi connectivity index (χ0) is 9.31. The standard InChI is InChI=1S/C10H13O2S/c1-3-10(11-6-7-12-10)9-5-4-8(2)13-9/h4-5H,2-3,6-7H2,1H3. The van der Waals surface area contributed by atoms with Crippen molar-refractivity contribution in [3.8, 4) is 0 Å². The van der Waals surface area contributed by atoms with E-state index in [1.165, 1.54) is 0 Å². The van der Waals surface area contributed by atoms with Crippen LogP contribution in [0.1, 0.15) is 23.1 Å². The molecule has 2 rings (SSSR count). The van der Waals surface area contributed by atoms with Gasteiger partial charge in [0.2, 0.25) is 5.79 Å². The first-order valence-corrected chi connectivity index (χ1v) is 5.29. The minimum Gasteiger partial charge on any atom is -0.343 e. The zero-order valence-electron chi connectivity index (χ0n) is 7.71. The van der Waals surface area contributed by atoms with Crippen LogP contribution in [0.15, 0.2) is 12.1 Å². The number of rotatable bonds is 2. The minimum absolute atomic E-state index is 0.472. The maximum absolute atomic E-state index is 5.65. The molecule has 0 bridgehead atoms. The molecule has 2 nitrogen and oxygen atoms in total. The Morgan fingerprint density at radius 3 is 2.62 bits per heavy atom. The van der Waals surface area contributed by atoms with Gasteiger partial charge in [-0.05, 0) is 19.1 Å². The molecule has 71 valence electrons. The first kappa shape index (κ1) is 9.19. The van der Waals surface area contributed by atoms with E-state index in [1.807, 2.05) is 12.1 Å². The highest BCUT2D eigenvalue weighted by molar-refractivity contribution is 7.12. The Hall–Kier alpha value is -0.380. The summed E-state index contributed by atoms with van der Waals surface area (Å²) < 4.78 is 11.3. The lowest BCUT2D eigenvalue weighted by Gasteiger charge is -2.24. The van der Waals surface area contributed by atoms with E-state index in [-0.39, 0.29) is 0 Å². The van der Waals surface area contributed by atoms with E-state index < -0.39 is 5.79 Å². The molecule has 0 aliphatic carbocycles. The number of hydrogen-bond donors (Lipinski definition) is 0. The van der Waals surface area contributed by atoms with Gasteiger partial charge in [-0.2, -0.15) is 0 Å². The molecule has 1 saturated heterocycles. The Bertz CT molecular complexity index is 287. The van der Waals surface area contributed by atoms with Crippen molar-refractivity contribution in [2.45, 2.75) is 19.1 Å². The molecule has 1 radical (unpaired) electrons. The van der Waals surface area contributed by atoms with Crippen molar-refractivity contribution in [1.82, 2.24) is 0 Å². The van der Waals surface area contributed by atoms with Gasteiger partial charge in [-0.15, -0.1) is 11.3 Å². The van der Waals surface area contributed by atoms with Crippen molar-refractivity contribution >= 4 is 11.3 Å². The highest BCUT2D eigenvalue weighted by atomic mass is 32.1. The van der Waals surface area contributed by atoms with Crippen LogP contribution in [0.2, 0.25) is 0 Å². The summed E-state index contributed by atoms with van der Waals surface area (Å²) >= 11 is 1.65. The molecule has 1 aliphatic heterocycles. The van der Waals surface area contributed by atoms with Crippen LogP contribution in [0.5, 0.6) is 0 Å². The van der Waals surface area contributed by atoms with E-state index in [2.05, 4.69) is 13.8 Å². The van der Waals surface area contributed by atoms with Crippen molar-refractivity contribution in [2.24, 2.45) is 0 Å². The molecule has 0 aromatic carbocycles. The summed E-state index contributed by atoms with van der Waals surface area (Å²) in [6, 6.07) is 4.05. The highest BCUT2D eigenvalue weighted by Crippen LogP contribution is 2.38. The number of ether oxygens (including phenoxy) is 2. The Labute approximate surface area is 82.5 Å². The third kappa shape index (κ3) is 1.52. The van der Waals surface area contributed by atoms with Gasteiger partial charge in [-0.1, -0.05) is 6.92 Å². The second-order valence-corrected chi connectivity index (χ2v) is 4.24. The molecule has 0 saturated carbocycles. The predicted molar refractivity (Wildman–Crippen MR) is 52.7 cm³/mol. The maximum atomic E-state index is 5.65. The molecule has 1 fully saturated rings. The van der Waals surface area contributed by atoms with E-state index in [9.17, 15) is 0 Å². The average Bonchev–Trinajstić information content (AvgIpc) is 2.73. The molecule has 13 heavy (non-hydrogen) atoms. The molecule has 1 aliphatic rings. The summed E-state index contributed by atoms with van der Waals surface area (Å²) in [5, 5.41) is 0. The summed E-state index contributed by atoms with van der Waals surface area (Å²) in [6.45, 7) is 7.35. The van der Waals surface area contributed by atoms with Gasteiger partial charge >= 0.3 is 0 Å². The summed E-state index contributed by atoms with van der Waals surface area (Å²) in [4.78, 5) is 2.19. The van der Waals surface area contributed by atoms with E-state index in [0.717, 1.165) is 16.2 Å². The second kappa shape index (κ2) is 3.40. The molecule has 0 amide bonds. The smallest absolute Gasteiger partial charge is 0.204 e. The van der Waals surface area contributed by atoms with Gasteiger partial charge in [0.15, 0.2) is 0 Å². The average molecular weight is 197 g/mol. The molecule has 0 spiro atoms. The minimum atomic E-state index is -0.472. The lowest BCUT2D eigenvalue weighted by atomic mass is 10.2. The molecule has 1 aromatic rings. The predicted octanol–water partition coefficient (Wildman–Crippen LogP) is 2.54. The van der Waals surface area contributed by atoms with Crippen molar-refractivity contribution in [3.63, 3.8) is 0 Å². The molecule has 2 heterocycles. The number of hydrogen-bond acceptors (Lipinski definition) is 3. The Morgan fingerprint density at radius 1 is 1.46 bits per heavy atom. The number of thiophene rings is 1. The Kier molecular flexibility index (Phi) is 2.41. The SMILES string of the molecule is [CH2]c1ccc(C2(CC)OCCO2)s1. The highest BCUT2D eigenvalue weighted by Gasteiger charge is 2.37. The summed E-state index contributed by atoms with van der Waals surface area (Å²) in [6.07, 6.45) is 0.854.